The number of benzene rings is 1. The predicted octanol–water partition coefficient (Wildman–Crippen LogP) is 2.45. The Kier molecular flexibility index (Phi) is 4.68. The number of hydrogen-bond acceptors (Lipinski definition) is 7. The minimum atomic E-state index is -0.318. The molecular weight excluding hydrogens is 332 g/mol. The van der Waals surface area contributed by atoms with E-state index in [9.17, 15) is 4.79 Å². The van der Waals surface area contributed by atoms with Crippen molar-refractivity contribution in [2.24, 2.45) is 7.05 Å². The lowest BCUT2D eigenvalue weighted by Gasteiger charge is -2.08. The van der Waals surface area contributed by atoms with Crippen molar-refractivity contribution in [1.29, 1.82) is 0 Å². The molecule has 0 spiro atoms. The molecule has 2 aromatic heterocycles. The quantitative estimate of drug-likeness (QED) is 0.714. The smallest absolute Gasteiger partial charge is 0.239 e. The van der Waals surface area contributed by atoms with Gasteiger partial charge in [-0.1, -0.05) is 53.4 Å². The van der Waals surface area contributed by atoms with Gasteiger partial charge in [-0.25, -0.2) is 0 Å². The van der Waals surface area contributed by atoms with Crippen molar-refractivity contribution in [2.75, 3.05) is 5.32 Å². The van der Waals surface area contributed by atoms with Gasteiger partial charge in [0.1, 0.15) is 11.3 Å². The van der Waals surface area contributed by atoms with Crippen molar-refractivity contribution in [1.82, 2.24) is 25.0 Å². The topological polar surface area (TPSA) is 85.6 Å². The Bertz CT molecular complexity index is 800. The van der Waals surface area contributed by atoms with Crippen LogP contribution in [0.4, 0.5) is 5.13 Å². The van der Waals surface area contributed by atoms with Crippen LogP contribution in [0.25, 0.3) is 10.6 Å². The highest BCUT2D eigenvalue weighted by molar-refractivity contribution is 8.00. The zero-order chi connectivity index (χ0) is 16.2. The maximum Gasteiger partial charge on any atom is 0.239 e. The van der Waals surface area contributed by atoms with Crippen molar-refractivity contribution in [3.8, 4) is 10.6 Å². The SMILES string of the molecule is C[C@@H](Sc1nncn1C)C(=O)Nc1nnc(-c2ccccc2)s1. The predicted molar refractivity (Wildman–Crippen MR) is 90.3 cm³/mol. The standard InChI is InChI=1S/C14H14N6OS2/c1-9(22-14-19-15-8-20(14)2)11(21)16-13-18-17-12(23-13)10-6-4-3-5-7-10/h3-9H,1-2H3,(H,16,18,21)/t9-/m1/s1. The number of carbonyl (C=O) groups is 1. The fraction of sp³-hybridized carbons (Fsp3) is 0.214. The molecule has 23 heavy (non-hydrogen) atoms. The van der Waals surface area contributed by atoms with E-state index in [1.54, 1.807) is 10.9 Å². The van der Waals surface area contributed by atoms with Gasteiger partial charge in [-0.15, -0.1) is 20.4 Å². The minimum absolute atomic E-state index is 0.145. The third-order valence-electron chi connectivity index (χ3n) is 3.00. The average Bonchev–Trinajstić information content (AvgIpc) is 3.18. The van der Waals surface area contributed by atoms with Gasteiger partial charge in [0, 0.05) is 12.6 Å². The first-order valence-electron chi connectivity index (χ1n) is 6.84. The van der Waals surface area contributed by atoms with Crippen LogP contribution in [0.2, 0.25) is 0 Å². The van der Waals surface area contributed by atoms with Crippen molar-refractivity contribution in [2.45, 2.75) is 17.3 Å². The molecule has 0 saturated heterocycles. The van der Waals surface area contributed by atoms with Crippen molar-refractivity contribution >= 4 is 34.1 Å². The zero-order valence-corrected chi connectivity index (χ0v) is 14.1. The van der Waals surface area contributed by atoms with E-state index in [0.29, 0.717) is 10.3 Å². The van der Waals surface area contributed by atoms with Crippen molar-refractivity contribution < 1.29 is 4.79 Å². The summed E-state index contributed by atoms with van der Waals surface area (Å²) >= 11 is 2.69. The summed E-state index contributed by atoms with van der Waals surface area (Å²) in [6, 6.07) is 9.74. The number of thioether (sulfide) groups is 1. The fourth-order valence-electron chi connectivity index (χ4n) is 1.77. The molecule has 0 fully saturated rings. The highest BCUT2D eigenvalue weighted by Crippen LogP contribution is 2.27. The van der Waals surface area contributed by atoms with Crippen LogP contribution in [0.3, 0.4) is 0 Å². The lowest BCUT2D eigenvalue weighted by molar-refractivity contribution is -0.115. The van der Waals surface area contributed by atoms with Crippen LogP contribution in [-0.2, 0) is 11.8 Å². The zero-order valence-electron chi connectivity index (χ0n) is 12.5. The molecule has 118 valence electrons. The van der Waals surface area contributed by atoms with E-state index < -0.39 is 0 Å². The second kappa shape index (κ2) is 6.88. The van der Waals surface area contributed by atoms with Gasteiger partial charge < -0.3 is 4.57 Å². The lowest BCUT2D eigenvalue weighted by atomic mass is 10.2. The molecule has 0 aliphatic rings. The molecule has 1 amide bonds. The Labute approximate surface area is 141 Å². The van der Waals surface area contributed by atoms with Crippen LogP contribution in [-0.4, -0.2) is 36.1 Å². The van der Waals surface area contributed by atoms with Crippen LogP contribution < -0.4 is 5.32 Å². The van der Waals surface area contributed by atoms with E-state index in [0.717, 1.165) is 10.6 Å². The highest BCUT2D eigenvalue weighted by atomic mass is 32.2. The van der Waals surface area contributed by atoms with Gasteiger partial charge in [0.2, 0.25) is 11.0 Å². The number of anilines is 1. The maximum absolute atomic E-state index is 12.2. The summed E-state index contributed by atoms with van der Waals surface area (Å²) in [5.74, 6) is -0.145. The normalized spacial score (nSPS) is 12.1. The third kappa shape index (κ3) is 3.74. The Morgan fingerprint density at radius 3 is 2.74 bits per heavy atom. The fourth-order valence-corrected chi connectivity index (χ4v) is 3.31. The summed E-state index contributed by atoms with van der Waals surface area (Å²) in [5, 5.41) is 20.3. The largest absolute Gasteiger partial charge is 0.312 e. The first kappa shape index (κ1) is 15.6. The second-order valence-electron chi connectivity index (χ2n) is 4.75. The van der Waals surface area contributed by atoms with Gasteiger partial charge in [0.05, 0.1) is 5.25 Å². The first-order chi connectivity index (χ1) is 11.1. The Balaban J connectivity index is 1.64. The molecule has 0 saturated carbocycles. The Hall–Kier alpha value is -2.26. The molecule has 3 aromatic rings. The number of rotatable bonds is 5. The summed E-state index contributed by atoms with van der Waals surface area (Å²) in [7, 11) is 1.84. The number of aryl methyl sites for hydroxylation is 1. The van der Waals surface area contributed by atoms with Gasteiger partial charge >= 0.3 is 0 Å². The molecule has 0 aliphatic heterocycles. The molecular formula is C14H14N6OS2. The number of nitrogens with one attached hydrogen (secondary N) is 1. The summed E-state index contributed by atoms with van der Waals surface area (Å²) in [5.41, 5.74) is 0.979. The second-order valence-corrected chi connectivity index (χ2v) is 7.04. The van der Waals surface area contributed by atoms with E-state index in [2.05, 4.69) is 25.7 Å². The number of amides is 1. The average molecular weight is 346 g/mol. The number of nitrogens with zero attached hydrogens (tertiary/aromatic N) is 5. The van der Waals surface area contributed by atoms with Crippen LogP contribution in [0.1, 0.15) is 6.92 Å². The minimum Gasteiger partial charge on any atom is -0.312 e. The molecule has 0 bridgehead atoms. The molecule has 9 heteroatoms. The molecule has 1 aromatic carbocycles. The molecule has 2 heterocycles. The van der Waals surface area contributed by atoms with Crippen molar-refractivity contribution in [3.05, 3.63) is 36.7 Å². The summed E-state index contributed by atoms with van der Waals surface area (Å²) in [6.45, 7) is 1.81. The summed E-state index contributed by atoms with van der Waals surface area (Å²) in [4.78, 5) is 12.2. The van der Waals surface area contributed by atoms with Crippen LogP contribution >= 0.6 is 23.1 Å². The molecule has 0 radical (unpaired) electrons. The van der Waals surface area contributed by atoms with Crippen molar-refractivity contribution in [3.63, 3.8) is 0 Å². The van der Waals surface area contributed by atoms with Crippen LogP contribution in [0, 0.1) is 0 Å². The first-order valence-corrected chi connectivity index (χ1v) is 8.53. The van der Waals surface area contributed by atoms with Gasteiger partial charge in [-0.2, -0.15) is 0 Å². The molecule has 1 N–H and O–H groups in total. The van der Waals surface area contributed by atoms with E-state index in [1.807, 2.05) is 44.3 Å². The third-order valence-corrected chi connectivity index (χ3v) is 5.03. The molecule has 0 aliphatic carbocycles. The van der Waals surface area contributed by atoms with Crippen LogP contribution in [0.5, 0.6) is 0 Å². The highest BCUT2D eigenvalue weighted by Gasteiger charge is 2.19. The number of carbonyl (C=O) groups excluding carboxylic acids is 1. The van der Waals surface area contributed by atoms with E-state index in [4.69, 9.17) is 0 Å². The molecule has 7 nitrogen and oxygen atoms in total. The van der Waals surface area contributed by atoms with Gasteiger partial charge in [0.25, 0.3) is 0 Å². The van der Waals surface area contributed by atoms with Gasteiger partial charge in [0.15, 0.2) is 5.16 Å². The Morgan fingerprint density at radius 2 is 2.04 bits per heavy atom. The molecule has 3 rings (SSSR count). The summed E-state index contributed by atoms with van der Waals surface area (Å²) < 4.78 is 1.77. The Morgan fingerprint density at radius 1 is 1.26 bits per heavy atom. The van der Waals surface area contributed by atoms with E-state index in [1.165, 1.54) is 23.1 Å². The lowest BCUT2D eigenvalue weighted by Crippen LogP contribution is -2.22. The van der Waals surface area contributed by atoms with Gasteiger partial charge in [-0.3, -0.25) is 10.1 Å². The van der Waals surface area contributed by atoms with E-state index >= 15 is 0 Å². The number of hydrogen-bond donors (Lipinski definition) is 1. The summed E-state index contributed by atoms with van der Waals surface area (Å²) in [6.07, 6.45) is 1.60. The maximum atomic E-state index is 12.2. The van der Waals surface area contributed by atoms with E-state index in [-0.39, 0.29) is 11.2 Å². The molecule has 0 unspecified atom stereocenters. The van der Waals surface area contributed by atoms with Crippen LogP contribution in [0.15, 0.2) is 41.8 Å². The monoisotopic (exact) mass is 346 g/mol. The van der Waals surface area contributed by atoms with Gasteiger partial charge in [-0.05, 0) is 6.92 Å². The molecule has 1 atom stereocenters. The number of aromatic nitrogens is 5.